The van der Waals surface area contributed by atoms with Crippen molar-refractivity contribution < 1.29 is 27.7 Å². The molecule has 0 aromatic heterocycles. The molecule has 0 saturated heterocycles. The van der Waals surface area contributed by atoms with E-state index in [1.54, 1.807) is 12.1 Å². The molecule has 6 nitrogen and oxygen atoms in total. The summed E-state index contributed by atoms with van der Waals surface area (Å²) in [5, 5.41) is 19.2. The Morgan fingerprint density at radius 1 is 1.15 bits per heavy atom. The third kappa shape index (κ3) is 5.77. The molecule has 1 rings (SSSR count). The van der Waals surface area contributed by atoms with E-state index in [9.17, 15) is 18.6 Å². The lowest BCUT2D eigenvalue weighted by molar-refractivity contribution is -0.903. The van der Waals surface area contributed by atoms with Crippen LogP contribution in [0, 0.1) is 0 Å². The van der Waals surface area contributed by atoms with Crippen LogP contribution in [-0.4, -0.2) is 54.1 Å². The van der Waals surface area contributed by atoms with Crippen LogP contribution in [0.25, 0.3) is 0 Å². The molecule has 0 heterocycles. The van der Waals surface area contributed by atoms with Crippen LogP contribution >= 0.6 is 0 Å². The third-order valence-corrected chi connectivity index (χ3v) is 3.92. The van der Waals surface area contributed by atoms with E-state index in [-0.39, 0.29) is 17.3 Å². The number of hydrogen-bond donors (Lipinski definition) is 3. The molecule has 0 fully saturated rings. The fourth-order valence-electron chi connectivity index (χ4n) is 2.07. The number of phenolic OH excluding ortho intramolecular Hbond substituents is 2. The maximum Gasteiger partial charge on any atom is 0.264 e. The Morgan fingerprint density at radius 2 is 1.80 bits per heavy atom. The van der Waals surface area contributed by atoms with E-state index in [0.29, 0.717) is 36.0 Å². The van der Waals surface area contributed by atoms with E-state index < -0.39 is 10.1 Å². The Hall–Kier alpha value is -1.31. The van der Waals surface area contributed by atoms with Gasteiger partial charge in [-0.3, -0.25) is 4.55 Å². The van der Waals surface area contributed by atoms with Crippen molar-refractivity contribution in [2.45, 2.75) is 19.4 Å². The Morgan fingerprint density at radius 3 is 2.40 bits per heavy atom. The van der Waals surface area contributed by atoms with Crippen LogP contribution < -0.4 is 0 Å². The summed E-state index contributed by atoms with van der Waals surface area (Å²) in [5.41, 5.74) is 0.643. The average molecular weight is 304 g/mol. The highest BCUT2D eigenvalue weighted by Gasteiger charge is 2.19. The first-order valence-electron chi connectivity index (χ1n) is 6.38. The number of phenols is 2. The number of hydrogen-bond acceptors (Lipinski definition) is 4. The average Bonchev–Trinajstić information content (AvgIpc) is 2.29. The fraction of sp³-hybridized carbons (Fsp3) is 0.538. The van der Waals surface area contributed by atoms with Gasteiger partial charge in [0, 0.05) is 0 Å². The molecular weight excluding hydrogens is 282 g/mol. The maximum absolute atomic E-state index is 10.6. The van der Waals surface area contributed by atoms with Gasteiger partial charge >= 0.3 is 0 Å². The number of benzene rings is 1. The number of unbranched alkanes of at least 4 members (excludes halogenated alkanes) is 1. The molecule has 114 valence electrons. The molecule has 0 saturated carbocycles. The first kappa shape index (κ1) is 16.7. The van der Waals surface area contributed by atoms with Crippen LogP contribution in [0.5, 0.6) is 11.5 Å². The summed E-state index contributed by atoms with van der Waals surface area (Å²) in [6.07, 6.45) is 1.04. The number of aromatic hydroxyl groups is 2. The summed E-state index contributed by atoms with van der Waals surface area (Å²) in [4.78, 5) is 0. The molecule has 1 aromatic carbocycles. The number of nitrogens with zero attached hydrogens (tertiary/aromatic N) is 1. The summed E-state index contributed by atoms with van der Waals surface area (Å²) in [5.74, 6) is -0.491. The largest absolute Gasteiger partial charge is 0.504 e. The van der Waals surface area contributed by atoms with Gasteiger partial charge in [0.1, 0.15) is 6.54 Å². The Bertz CT molecular complexity index is 554. The van der Waals surface area contributed by atoms with Crippen LogP contribution in [0.1, 0.15) is 18.4 Å². The van der Waals surface area contributed by atoms with Crippen molar-refractivity contribution in [3.05, 3.63) is 23.8 Å². The van der Waals surface area contributed by atoms with Crippen LogP contribution in [-0.2, 0) is 16.7 Å². The minimum absolute atomic E-state index is 0.114. The minimum Gasteiger partial charge on any atom is -0.504 e. The van der Waals surface area contributed by atoms with Gasteiger partial charge in [-0.1, -0.05) is 6.07 Å². The first-order valence-corrected chi connectivity index (χ1v) is 7.99. The highest BCUT2D eigenvalue weighted by Crippen LogP contribution is 2.30. The number of para-hydroxylation sites is 1. The lowest BCUT2D eigenvalue weighted by atomic mass is 10.1. The molecule has 7 heteroatoms. The van der Waals surface area contributed by atoms with E-state index in [4.69, 9.17) is 4.55 Å². The minimum atomic E-state index is -3.89. The second-order valence-electron chi connectivity index (χ2n) is 5.60. The number of quaternary nitrogens is 1. The van der Waals surface area contributed by atoms with Crippen molar-refractivity contribution in [3.63, 3.8) is 0 Å². The molecule has 0 unspecified atom stereocenters. The molecule has 0 amide bonds. The zero-order valence-electron chi connectivity index (χ0n) is 11.8. The van der Waals surface area contributed by atoms with Gasteiger partial charge in [-0.2, -0.15) is 8.42 Å². The van der Waals surface area contributed by atoms with Crippen molar-refractivity contribution in [1.82, 2.24) is 0 Å². The molecule has 0 radical (unpaired) electrons. The van der Waals surface area contributed by atoms with Crippen molar-refractivity contribution in [2.24, 2.45) is 0 Å². The van der Waals surface area contributed by atoms with E-state index in [1.807, 2.05) is 14.1 Å². The second-order valence-corrected chi connectivity index (χ2v) is 7.17. The smallest absolute Gasteiger partial charge is 0.264 e. The van der Waals surface area contributed by atoms with Crippen LogP contribution in [0.2, 0.25) is 0 Å². The van der Waals surface area contributed by atoms with Gasteiger partial charge < -0.3 is 14.7 Å². The molecule has 0 aliphatic heterocycles. The summed E-state index contributed by atoms with van der Waals surface area (Å²) in [7, 11) is 0.0175. The van der Waals surface area contributed by atoms with Gasteiger partial charge in [-0.15, -0.1) is 0 Å². The summed E-state index contributed by atoms with van der Waals surface area (Å²) in [6, 6.07) is 4.83. The normalized spacial score (nSPS) is 12.6. The van der Waals surface area contributed by atoms with Gasteiger partial charge in [0.15, 0.2) is 11.5 Å². The molecule has 0 bridgehead atoms. The van der Waals surface area contributed by atoms with Crippen LogP contribution in [0.3, 0.4) is 0 Å². The zero-order valence-corrected chi connectivity index (χ0v) is 12.6. The molecule has 3 N–H and O–H groups in total. The molecule has 0 aliphatic rings. The zero-order chi connectivity index (χ0) is 15.4. The first-order chi connectivity index (χ1) is 9.11. The second kappa shape index (κ2) is 6.43. The maximum atomic E-state index is 10.6. The molecule has 0 atom stereocenters. The quantitative estimate of drug-likeness (QED) is 0.306. The third-order valence-electron chi connectivity index (χ3n) is 3.11. The van der Waals surface area contributed by atoms with Crippen molar-refractivity contribution >= 4 is 10.1 Å². The van der Waals surface area contributed by atoms with E-state index in [1.165, 1.54) is 6.07 Å². The molecule has 20 heavy (non-hydrogen) atoms. The lowest BCUT2D eigenvalue weighted by Crippen LogP contribution is -2.39. The lowest BCUT2D eigenvalue weighted by Gasteiger charge is -2.30. The SMILES string of the molecule is C[N+](C)(CCCCS(=O)(=O)O)Cc1cccc(O)c1O. The Kier molecular flexibility index (Phi) is 5.38. The fourth-order valence-corrected chi connectivity index (χ4v) is 2.64. The van der Waals surface area contributed by atoms with Gasteiger partial charge in [0.2, 0.25) is 0 Å². The monoisotopic (exact) mass is 304 g/mol. The summed E-state index contributed by atoms with van der Waals surface area (Å²) < 4.78 is 30.4. The van der Waals surface area contributed by atoms with E-state index in [2.05, 4.69) is 0 Å². The molecule has 0 aliphatic carbocycles. The topological polar surface area (TPSA) is 94.8 Å². The predicted molar refractivity (Wildman–Crippen MR) is 76.1 cm³/mol. The van der Waals surface area contributed by atoms with Gasteiger partial charge in [0.25, 0.3) is 10.1 Å². The van der Waals surface area contributed by atoms with Gasteiger partial charge in [-0.25, -0.2) is 0 Å². The molecular formula is C13H22NO5S+. The Balaban J connectivity index is 2.55. The van der Waals surface area contributed by atoms with Gasteiger partial charge in [-0.05, 0) is 25.0 Å². The standard InChI is InChI=1S/C13H21NO5S/c1-14(2,8-3-4-9-20(17,18)19)10-11-6-5-7-12(15)13(11)16/h5-7H,3-4,8-10H2,1-2H3,(H2-,15,16,17,18,19)/p+1. The van der Waals surface area contributed by atoms with Crippen molar-refractivity contribution in [2.75, 3.05) is 26.4 Å². The van der Waals surface area contributed by atoms with Crippen LogP contribution in [0.15, 0.2) is 18.2 Å². The number of rotatable bonds is 7. The molecule has 1 aromatic rings. The Labute approximate surface area is 119 Å². The van der Waals surface area contributed by atoms with Crippen molar-refractivity contribution in [1.29, 1.82) is 0 Å². The predicted octanol–water partition coefficient (Wildman–Crippen LogP) is 1.34. The van der Waals surface area contributed by atoms with Crippen molar-refractivity contribution in [3.8, 4) is 11.5 Å². The van der Waals surface area contributed by atoms with Gasteiger partial charge in [0.05, 0.1) is 32.0 Å². The highest BCUT2D eigenvalue weighted by atomic mass is 32.2. The highest BCUT2D eigenvalue weighted by molar-refractivity contribution is 7.85. The molecule has 0 spiro atoms. The van der Waals surface area contributed by atoms with E-state index >= 15 is 0 Å². The van der Waals surface area contributed by atoms with Crippen LogP contribution in [0.4, 0.5) is 0 Å². The van der Waals surface area contributed by atoms with E-state index in [0.717, 1.165) is 0 Å². The summed E-state index contributed by atoms with van der Waals surface area (Å²) >= 11 is 0. The summed E-state index contributed by atoms with van der Waals surface area (Å²) in [6.45, 7) is 1.22.